The van der Waals surface area contributed by atoms with E-state index in [2.05, 4.69) is 15.8 Å². The van der Waals surface area contributed by atoms with Gasteiger partial charge in [-0.25, -0.2) is 0 Å². The van der Waals surface area contributed by atoms with Crippen molar-refractivity contribution in [2.75, 3.05) is 5.43 Å². The first-order chi connectivity index (χ1) is 14.7. The normalized spacial score (nSPS) is 11.1. The van der Waals surface area contributed by atoms with Crippen LogP contribution in [-0.4, -0.2) is 15.8 Å². The molecule has 31 heavy (non-hydrogen) atoms. The molecule has 0 aliphatic heterocycles. The number of benzene rings is 2. The molecule has 1 heterocycles. The van der Waals surface area contributed by atoms with Crippen molar-refractivity contribution in [1.82, 2.24) is 10.4 Å². The van der Waals surface area contributed by atoms with Crippen molar-refractivity contribution >= 4 is 29.0 Å². The molecule has 1 amide bonds. The number of carbonyl (C=O) groups excluding carboxylic acids is 1. The molecule has 3 aromatic rings. The Hall–Kier alpha value is -3.60. The Labute approximate surface area is 178 Å². The summed E-state index contributed by atoms with van der Waals surface area (Å²) in [6, 6.07) is 12.4. The zero-order valence-corrected chi connectivity index (χ0v) is 16.5. The number of hydrogen-bond acceptors (Lipinski definition) is 6. The molecule has 0 unspecified atom stereocenters. The van der Waals surface area contributed by atoms with Crippen LogP contribution in [0.3, 0.4) is 0 Å². The van der Waals surface area contributed by atoms with Gasteiger partial charge in [-0.05, 0) is 48.0 Å². The maximum Gasteiger partial charge on any atom is 0.416 e. The number of carbonyl (C=O) groups is 1. The number of anilines is 1. The molecule has 1 aromatic heterocycles. The standard InChI is InChI=1S/C20H15F3N4O3S/c21-20(22,23)15-5-8-17(18(10-15)27(29)30)25-26-19(28)14-3-6-16(7-4-14)31-12-13-2-1-9-24-11-13/h1-11,25H,12H2,(H,26,28). The van der Waals surface area contributed by atoms with E-state index in [4.69, 9.17) is 0 Å². The summed E-state index contributed by atoms with van der Waals surface area (Å²) in [7, 11) is 0. The van der Waals surface area contributed by atoms with E-state index in [0.29, 0.717) is 17.9 Å². The lowest BCUT2D eigenvalue weighted by Crippen LogP contribution is -2.29. The quantitative estimate of drug-likeness (QED) is 0.298. The van der Waals surface area contributed by atoms with Gasteiger partial charge in [0.05, 0.1) is 10.5 Å². The summed E-state index contributed by atoms with van der Waals surface area (Å²) in [6.45, 7) is 0. The number of nitrogens with one attached hydrogen (secondary N) is 2. The van der Waals surface area contributed by atoms with E-state index in [-0.39, 0.29) is 11.3 Å². The third-order valence-electron chi connectivity index (χ3n) is 4.08. The van der Waals surface area contributed by atoms with E-state index in [9.17, 15) is 28.1 Å². The van der Waals surface area contributed by atoms with Crippen molar-refractivity contribution in [3.63, 3.8) is 0 Å². The summed E-state index contributed by atoms with van der Waals surface area (Å²) in [5, 5.41) is 11.1. The molecule has 0 aliphatic carbocycles. The van der Waals surface area contributed by atoms with E-state index >= 15 is 0 Å². The minimum atomic E-state index is -4.72. The minimum Gasteiger partial charge on any atom is -0.292 e. The lowest BCUT2D eigenvalue weighted by Gasteiger charge is -2.11. The lowest BCUT2D eigenvalue weighted by molar-refractivity contribution is -0.384. The third kappa shape index (κ3) is 5.95. The fraction of sp³-hybridized carbons (Fsp3) is 0.100. The van der Waals surface area contributed by atoms with Gasteiger partial charge >= 0.3 is 6.18 Å². The van der Waals surface area contributed by atoms with Gasteiger partial charge in [0.1, 0.15) is 5.69 Å². The number of pyridine rings is 1. The Morgan fingerprint density at radius 3 is 2.48 bits per heavy atom. The van der Waals surface area contributed by atoms with Crippen LogP contribution < -0.4 is 10.9 Å². The van der Waals surface area contributed by atoms with Crippen LogP contribution in [0.4, 0.5) is 24.5 Å². The average molecular weight is 448 g/mol. The molecule has 160 valence electrons. The SMILES string of the molecule is O=C(NNc1ccc(C(F)(F)F)cc1[N+](=O)[O-])c1ccc(SCc2cccnc2)cc1. The molecule has 11 heteroatoms. The van der Waals surface area contributed by atoms with Gasteiger partial charge in [0.15, 0.2) is 0 Å². The summed E-state index contributed by atoms with van der Waals surface area (Å²) in [5.74, 6) is 0.108. The third-order valence-corrected chi connectivity index (χ3v) is 5.16. The second kappa shape index (κ2) is 9.47. The molecule has 3 rings (SSSR count). The topological polar surface area (TPSA) is 97.2 Å². The van der Waals surface area contributed by atoms with Crippen LogP contribution in [0, 0.1) is 10.1 Å². The van der Waals surface area contributed by atoms with Crippen molar-refractivity contribution < 1.29 is 22.9 Å². The minimum absolute atomic E-state index is 0.269. The number of hydrazine groups is 1. The van der Waals surface area contributed by atoms with Crippen LogP contribution in [0.5, 0.6) is 0 Å². The highest BCUT2D eigenvalue weighted by Gasteiger charge is 2.33. The molecule has 2 aromatic carbocycles. The number of nitrogens with zero attached hydrogens (tertiary/aromatic N) is 2. The molecule has 0 fully saturated rings. The van der Waals surface area contributed by atoms with Gasteiger partial charge < -0.3 is 0 Å². The summed E-state index contributed by atoms with van der Waals surface area (Å²) < 4.78 is 38.3. The Kier molecular flexibility index (Phi) is 6.75. The van der Waals surface area contributed by atoms with E-state index in [0.717, 1.165) is 16.5 Å². The molecular formula is C20H15F3N4O3S. The first kappa shape index (κ1) is 22.1. The molecule has 0 aliphatic rings. The number of aromatic nitrogens is 1. The van der Waals surface area contributed by atoms with Crippen LogP contribution >= 0.6 is 11.8 Å². The fourth-order valence-electron chi connectivity index (χ4n) is 2.51. The Bertz CT molecular complexity index is 1080. The van der Waals surface area contributed by atoms with Crippen molar-refractivity contribution in [1.29, 1.82) is 0 Å². The van der Waals surface area contributed by atoms with Crippen molar-refractivity contribution in [2.24, 2.45) is 0 Å². The number of thioether (sulfide) groups is 1. The molecule has 2 N–H and O–H groups in total. The zero-order valence-electron chi connectivity index (χ0n) is 15.7. The zero-order chi connectivity index (χ0) is 22.4. The van der Waals surface area contributed by atoms with Crippen molar-refractivity contribution in [3.05, 3.63) is 93.8 Å². The molecule has 0 saturated heterocycles. The predicted molar refractivity (Wildman–Crippen MR) is 109 cm³/mol. The fourth-order valence-corrected chi connectivity index (χ4v) is 3.35. The number of alkyl halides is 3. The van der Waals surface area contributed by atoms with E-state index < -0.39 is 28.3 Å². The maximum absolute atomic E-state index is 12.8. The van der Waals surface area contributed by atoms with Gasteiger partial charge in [-0.1, -0.05) is 6.07 Å². The van der Waals surface area contributed by atoms with Gasteiger partial charge in [0, 0.05) is 34.7 Å². The van der Waals surface area contributed by atoms with Crippen LogP contribution in [0.1, 0.15) is 21.5 Å². The Morgan fingerprint density at radius 1 is 1.13 bits per heavy atom. The highest BCUT2D eigenvalue weighted by molar-refractivity contribution is 7.98. The summed E-state index contributed by atoms with van der Waals surface area (Å²) >= 11 is 1.56. The molecule has 0 atom stereocenters. The molecule has 0 radical (unpaired) electrons. The van der Waals surface area contributed by atoms with Crippen molar-refractivity contribution in [3.8, 4) is 0 Å². The van der Waals surface area contributed by atoms with E-state index in [1.165, 1.54) is 0 Å². The summed E-state index contributed by atoms with van der Waals surface area (Å²) in [5.41, 5.74) is 3.66. The van der Waals surface area contributed by atoms with Crippen LogP contribution in [0.2, 0.25) is 0 Å². The Balaban J connectivity index is 1.62. The van der Waals surface area contributed by atoms with Gasteiger partial charge in [0.25, 0.3) is 11.6 Å². The van der Waals surface area contributed by atoms with Gasteiger partial charge in [-0.3, -0.25) is 30.7 Å². The molecular weight excluding hydrogens is 433 g/mol. The number of amides is 1. The maximum atomic E-state index is 12.8. The van der Waals surface area contributed by atoms with E-state index in [1.54, 1.807) is 48.4 Å². The van der Waals surface area contributed by atoms with Gasteiger partial charge in [0.2, 0.25) is 0 Å². The highest BCUT2D eigenvalue weighted by Crippen LogP contribution is 2.34. The lowest BCUT2D eigenvalue weighted by atomic mass is 10.1. The molecule has 0 spiro atoms. The van der Waals surface area contributed by atoms with Gasteiger partial charge in [-0.2, -0.15) is 13.2 Å². The van der Waals surface area contributed by atoms with E-state index in [1.807, 2.05) is 12.1 Å². The molecule has 0 saturated carbocycles. The number of halogens is 3. The second-order valence-corrected chi connectivity index (χ2v) is 7.29. The highest BCUT2D eigenvalue weighted by atomic mass is 32.2. The summed E-state index contributed by atoms with van der Waals surface area (Å²) in [6.07, 6.45) is -1.26. The molecule has 7 nitrogen and oxygen atoms in total. The number of hydrogen-bond donors (Lipinski definition) is 2. The first-order valence-corrected chi connectivity index (χ1v) is 9.76. The smallest absolute Gasteiger partial charge is 0.292 e. The monoisotopic (exact) mass is 448 g/mol. The van der Waals surface area contributed by atoms with Crippen molar-refractivity contribution in [2.45, 2.75) is 16.8 Å². The number of rotatable bonds is 7. The summed E-state index contributed by atoms with van der Waals surface area (Å²) in [4.78, 5) is 27.4. The number of nitro groups is 1. The Morgan fingerprint density at radius 2 is 1.87 bits per heavy atom. The first-order valence-electron chi connectivity index (χ1n) is 8.78. The van der Waals surface area contributed by atoms with Crippen LogP contribution in [0.25, 0.3) is 0 Å². The second-order valence-electron chi connectivity index (χ2n) is 6.24. The van der Waals surface area contributed by atoms with Gasteiger partial charge in [-0.15, -0.1) is 11.8 Å². The number of nitro benzene ring substituents is 1. The molecule has 0 bridgehead atoms. The average Bonchev–Trinajstić information content (AvgIpc) is 2.76. The van der Waals surface area contributed by atoms with Crippen LogP contribution in [-0.2, 0) is 11.9 Å². The van der Waals surface area contributed by atoms with Crippen LogP contribution in [0.15, 0.2) is 71.9 Å². The predicted octanol–water partition coefficient (Wildman–Crippen LogP) is 5.06. The largest absolute Gasteiger partial charge is 0.416 e.